The fourth-order valence-electron chi connectivity index (χ4n) is 3.22. The monoisotopic (exact) mass is 740 g/mol. The first-order chi connectivity index (χ1) is 21.5. The van der Waals surface area contributed by atoms with Gasteiger partial charge in [-0.1, -0.05) is 25.1 Å². The SMILES string of the molecule is CCCOC(=O)C(CC(=O)OCCC(F)(F)C(F)(F)C(F)(F)C(F)(F)C(F)(F)C(F)(F)C(F)(F)C(F)(F)F)NC(=O)Nc1ccccc1. The predicted molar refractivity (Wildman–Crippen MR) is 125 cm³/mol. The molecule has 1 unspecified atom stereocenters. The summed E-state index contributed by atoms with van der Waals surface area (Å²) in [5.41, 5.74) is 0.124. The highest BCUT2D eigenvalue weighted by molar-refractivity contribution is 5.93. The summed E-state index contributed by atoms with van der Waals surface area (Å²) in [4.78, 5) is 36.4. The minimum atomic E-state index is -8.77. The topological polar surface area (TPSA) is 93.7 Å². The summed E-state index contributed by atoms with van der Waals surface area (Å²) in [6.45, 7) is -1.04. The molecule has 1 aromatic carbocycles. The van der Waals surface area contributed by atoms with Crippen molar-refractivity contribution in [2.45, 2.75) is 79.9 Å². The highest BCUT2D eigenvalue weighted by Gasteiger charge is 2.95. The van der Waals surface area contributed by atoms with E-state index in [2.05, 4.69) is 14.8 Å². The maximum atomic E-state index is 14.0. The number of para-hydroxylation sites is 1. The van der Waals surface area contributed by atoms with Gasteiger partial charge < -0.3 is 20.1 Å². The van der Waals surface area contributed by atoms with Crippen LogP contribution in [0, 0.1) is 0 Å². The molecule has 0 radical (unpaired) electrons. The molecule has 1 aromatic rings. The fourth-order valence-corrected chi connectivity index (χ4v) is 3.22. The molecule has 0 saturated heterocycles. The van der Waals surface area contributed by atoms with Gasteiger partial charge in [0.1, 0.15) is 6.04 Å². The quantitative estimate of drug-likeness (QED) is 0.136. The van der Waals surface area contributed by atoms with E-state index in [0.717, 1.165) is 0 Å². The molecule has 1 atom stereocenters. The van der Waals surface area contributed by atoms with E-state index >= 15 is 0 Å². The highest BCUT2D eigenvalue weighted by atomic mass is 19.4. The van der Waals surface area contributed by atoms with Gasteiger partial charge in [-0.2, -0.15) is 74.6 Å². The van der Waals surface area contributed by atoms with Gasteiger partial charge in [0.25, 0.3) is 0 Å². The number of benzene rings is 1. The van der Waals surface area contributed by atoms with Gasteiger partial charge in [0, 0.05) is 5.69 Å². The molecule has 0 aliphatic rings. The summed E-state index contributed by atoms with van der Waals surface area (Å²) in [6, 6.07) is 3.90. The number of halogens is 17. The fraction of sp³-hybridized carbons (Fsp3) is 0.625. The Morgan fingerprint density at radius 2 is 1.10 bits per heavy atom. The third-order valence-electron chi connectivity index (χ3n) is 5.91. The van der Waals surface area contributed by atoms with E-state index in [0.29, 0.717) is 0 Å². The van der Waals surface area contributed by atoms with Gasteiger partial charge in [-0.25, -0.2) is 9.59 Å². The van der Waals surface area contributed by atoms with Crippen molar-refractivity contribution in [3.8, 4) is 0 Å². The van der Waals surface area contributed by atoms with Crippen molar-refractivity contribution >= 4 is 23.7 Å². The molecular formula is C24H21F17N2O5. The average molecular weight is 740 g/mol. The van der Waals surface area contributed by atoms with Crippen molar-refractivity contribution in [1.82, 2.24) is 5.32 Å². The summed E-state index contributed by atoms with van der Waals surface area (Å²) >= 11 is 0. The van der Waals surface area contributed by atoms with Crippen molar-refractivity contribution < 1.29 is 98.5 Å². The molecule has 24 heteroatoms. The Balaban J connectivity index is 3.14. The lowest BCUT2D eigenvalue weighted by atomic mass is 9.88. The summed E-state index contributed by atoms with van der Waals surface area (Å²) in [7, 11) is 0. The van der Waals surface area contributed by atoms with Gasteiger partial charge in [-0.05, 0) is 18.6 Å². The van der Waals surface area contributed by atoms with Crippen molar-refractivity contribution in [2.24, 2.45) is 0 Å². The van der Waals surface area contributed by atoms with Gasteiger partial charge in [0.05, 0.1) is 26.1 Å². The largest absolute Gasteiger partial charge is 0.465 e. The number of ether oxygens (including phenoxy) is 2. The van der Waals surface area contributed by atoms with E-state index in [-0.39, 0.29) is 18.7 Å². The number of nitrogens with one attached hydrogen (secondary N) is 2. The van der Waals surface area contributed by atoms with Crippen LogP contribution in [0.3, 0.4) is 0 Å². The van der Waals surface area contributed by atoms with Crippen LogP contribution in [0.4, 0.5) is 85.1 Å². The highest BCUT2D eigenvalue weighted by Crippen LogP contribution is 2.64. The Hall–Kier alpha value is -3.76. The molecule has 0 saturated carbocycles. The van der Waals surface area contributed by atoms with Crippen LogP contribution < -0.4 is 10.6 Å². The van der Waals surface area contributed by atoms with Gasteiger partial charge in [-0.15, -0.1) is 0 Å². The van der Waals surface area contributed by atoms with E-state index in [4.69, 9.17) is 0 Å². The van der Waals surface area contributed by atoms with Crippen LogP contribution in [0.15, 0.2) is 30.3 Å². The first-order valence-corrected chi connectivity index (χ1v) is 12.6. The number of hydrogen-bond donors (Lipinski definition) is 2. The number of rotatable bonds is 16. The number of amides is 2. The van der Waals surface area contributed by atoms with Crippen molar-refractivity contribution in [3.05, 3.63) is 30.3 Å². The number of hydrogen-bond acceptors (Lipinski definition) is 5. The Kier molecular flexibility index (Phi) is 12.7. The Morgan fingerprint density at radius 3 is 1.56 bits per heavy atom. The second-order valence-corrected chi connectivity index (χ2v) is 9.51. The van der Waals surface area contributed by atoms with Crippen LogP contribution in [-0.2, 0) is 19.1 Å². The minimum Gasteiger partial charge on any atom is -0.465 e. The Morgan fingerprint density at radius 1 is 0.646 bits per heavy atom. The van der Waals surface area contributed by atoms with E-state index < -0.39 is 91.1 Å². The third kappa shape index (κ3) is 8.09. The number of carbonyl (C=O) groups is 3. The first kappa shape index (κ1) is 42.3. The minimum absolute atomic E-state index is 0.124. The van der Waals surface area contributed by atoms with Crippen LogP contribution in [0.25, 0.3) is 0 Å². The second-order valence-electron chi connectivity index (χ2n) is 9.51. The molecule has 7 nitrogen and oxygen atoms in total. The number of esters is 2. The van der Waals surface area contributed by atoms with E-state index in [1.807, 2.05) is 5.32 Å². The summed E-state index contributed by atoms with van der Waals surface area (Å²) in [5, 5.41) is 4.06. The molecule has 2 N–H and O–H groups in total. The third-order valence-corrected chi connectivity index (χ3v) is 5.91. The van der Waals surface area contributed by atoms with Crippen LogP contribution in [0.1, 0.15) is 26.2 Å². The summed E-state index contributed by atoms with van der Waals surface area (Å²) < 4.78 is 236. The molecule has 48 heavy (non-hydrogen) atoms. The second kappa shape index (κ2) is 14.4. The molecule has 276 valence electrons. The summed E-state index contributed by atoms with van der Waals surface area (Å²) in [5.74, 6) is -60.9. The molecule has 0 aromatic heterocycles. The van der Waals surface area contributed by atoms with Crippen molar-refractivity contribution in [1.29, 1.82) is 0 Å². The Labute approximate surface area is 257 Å². The van der Waals surface area contributed by atoms with E-state index in [1.165, 1.54) is 37.3 Å². The lowest BCUT2D eigenvalue weighted by Crippen LogP contribution is -2.74. The summed E-state index contributed by atoms with van der Waals surface area (Å²) in [6.07, 6.45) is -12.1. The van der Waals surface area contributed by atoms with E-state index in [9.17, 15) is 89.0 Å². The number of carbonyl (C=O) groups excluding carboxylic acids is 3. The molecule has 0 spiro atoms. The average Bonchev–Trinajstić information content (AvgIpc) is 2.94. The molecule has 0 aliphatic carbocycles. The van der Waals surface area contributed by atoms with Crippen LogP contribution in [0.5, 0.6) is 0 Å². The zero-order valence-electron chi connectivity index (χ0n) is 23.5. The molecule has 0 heterocycles. The number of alkyl halides is 17. The maximum absolute atomic E-state index is 14.0. The standard InChI is InChI=1S/C24H21F17N2O5/c1-2-9-48-15(45)13(43-16(46)42-12-6-4-3-5-7-12)11-14(44)47-10-8-17(25,26)18(27,28)19(29,30)20(31,32)21(33,34)22(35,36)23(37,38)24(39,40)41/h3-7,13H,2,8-11H2,1H3,(H2,42,43,46). The van der Waals surface area contributed by atoms with Gasteiger partial charge in [0.2, 0.25) is 0 Å². The normalized spacial score (nSPS) is 14.6. The van der Waals surface area contributed by atoms with Gasteiger partial charge in [0.15, 0.2) is 0 Å². The molecule has 1 rings (SSSR count). The predicted octanol–water partition coefficient (Wildman–Crippen LogP) is 7.46. The first-order valence-electron chi connectivity index (χ1n) is 12.6. The van der Waals surface area contributed by atoms with Crippen LogP contribution in [-0.4, -0.2) is 84.9 Å². The molecular weight excluding hydrogens is 719 g/mol. The number of urea groups is 1. The molecule has 0 aliphatic heterocycles. The van der Waals surface area contributed by atoms with Gasteiger partial charge >= 0.3 is 65.6 Å². The Bertz CT molecular complexity index is 1270. The van der Waals surface area contributed by atoms with Crippen molar-refractivity contribution in [2.75, 3.05) is 18.5 Å². The lowest BCUT2D eigenvalue weighted by Gasteiger charge is -2.42. The van der Waals surface area contributed by atoms with Crippen LogP contribution in [0.2, 0.25) is 0 Å². The molecule has 2 amide bonds. The van der Waals surface area contributed by atoms with E-state index in [1.54, 1.807) is 0 Å². The smallest absolute Gasteiger partial charge is 0.460 e. The van der Waals surface area contributed by atoms with Gasteiger partial charge in [-0.3, -0.25) is 4.79 Å². The zero-order valence-corrected chi connectivity index (χ0v) is 23.5. The lowest BCUT2D eigenvalue weighted by molar-refractivity contribution is -0.461. The zero-order chi connectivity index (χ0) is 37.8. The molecule has 0 fully saturated rings. The molecule has 0 bridgehead atoms. The number of anilines is 1. The van der Waals surface area contributed by atoms with Crippen LogP contribution >= 0.6 is 0 Å². The maximum Gasteiger partial charge on any atom is 0.460 e. The van der Waals surface area contributed by atoms with Crippen molar-refractivity contribution in [3.63, 3.8) is 0 Å².